The van der Waals surface area contributed by atoms with E-state index in [1.165, 1.54) is 11.2 Å². The second-order valence-corrected chi connectivity index (χ2v) is 9.61. The number of benzene rings is 3. The highest BCUT2D eigenvalue weighted by Crippen LogP contribution is 2.34. The highest BCUT2D eigenvalue weighted by Gasteiger charge is 2.47. The van der Waals surface area contributed by atoms with Gasteiger partial charge >= 0.3 is 6.09 Å². The number of amides is 3. The Labute approximate surface area is 226 Å². The molecule has 3 amide bonds. The van der Waals surface area contributed by atoms with Crippen molar-refractivity contribution in [3.63, 3.8) is 0 Å². The maximum atomic E-state index is 13.4. The number of cyclic esters (lactones) is 1. The van der Waals surface area contributed by atoms with Crippen LogP contribution in [-0.4, -0.2) is 28.8 Å². The molecule has 2 heterocycles. The van der Waals surface area contributed by atoms with Crippen LogP contribution in [-0.2, 0) is 22.6 Å². The molecule has 1 aliphatic heterocycles. The normalized spacial score (nSPS) is 16.6. The minimum Gasteiger partial charge on any atom is -0.467 e. The predicted octanol–water partition coefficient (Wildman–Crippen LogP) is 5.53. The summed E-state index contributed by atoms with van der Waals surface area (Å²) in [5.74, 6) is 0.0216. The summed E-state index contributed by atoms with van der Waals surface area (Å²) in [6.07, 6.45) is 0.131. The van der Waals surface area contributed by atoms with Gasteiger partial charge in [-0.15, -0.1) is 0 Å². The van der Waals surface area contributed by atoms with E-state index < -0.39 is 18.2 Å². The molecular formula is C31H29N3O5. The SMILES string of the molecule is Cc1ccc(CN2C(=O)O[C@@H](c3ccc(NC(=O)c4cccc(C)c4)cc3)[C@H]2C(=O)NCc2ccco2)cc1. The predicted molar refractivity (Wildman–Crippen MR) is 146 cm³/mol. The van der Waals surface area contributed by atoms with E-state index in [-0.39, 0.29) is 24.9 Å². The summed E-state index contributed by atoms with van der Waals surface area (Å²) in [6.45, 7) is 4.32. The van der Waals surface area contributed by atoms with Gasteiger partial charge < -0.3 is 19.8 Å². The average molecular weight is 524 g/mol. The molecule has 0 radical (unpaired) electrons. The zero-order valence-corrected chi connectivity index (χ0v) is 21.7. The fourth-order valence-corrected chi connectivity index (χ4v) is 4.54. The van der Waals surface area contributed by atoms with Crippen LogP contribution in [0.25, 0.3) is 0 Å². The Hall–Kier alpha value is -4.85. The van der Waals surface area contributed by atoms with E-state index in [1.807, 2.05) is 56.3 Å². The molecule has 8 nitrogen and oxygen atoms in total. The molecule has 0 aliphatic carbocycles. The Balaban J connectivity index is 1.36. The van der Waals surface area contributed by atoms with E-state index in [9.17, 15) is 14.4 Å². The van der Waals surface area contributed by atoms with E-state index in [2.05, 4.69) is 10.6 Å². The molecule has 2 N–H and O–H groups in total. The van der Waals surface area contributed by atoms with Crippen molar-refractivity contribution >= 4 is 23.6 Å². The van der Waals surface area contributed by atoms with Crippen molar-refractivity contribution in [2.24, 2.45) is 0 Å². The monoisotopic (exact) mass is 523 g/mol. The zero-order valence-electron chi connectivity index (χ0n) is 21.7. The van der Waals surface area contributed by atoms with Crippen molar-refractivity contribution in [3.05, 3.63) is 125 Å². The molecule has 2 atom stereocenters. The molecule has 1 aromatic heterocycles. The van der Waals surface area contributed by atoms with Gasteiger partial charge in [0.1, 0.15) is 5.76 Å². The quantitative estimate of drug-likeness (QED) is 0.316. The molecule has 4 aromatic rings. The number of nitrogens with one attached hydrogen (secondary N) is 2. The average Bonchev–Trinajstić information content (AvgIpc) is 3.57. The minimum atomic E-state index is -0.901. The number of carbonyl (C=O) groups excluding carboxylic acids is 3. The van der Waals surface area contributed by atoms with Crippen molar-refractivity contribution in [1.82, 2.24) is 10.2 Å². The maximum Gasteiger partial charge on any atom is 0.411 e. The third-order valence-electron chi connectivity index (χ3n) is 6.62. The molecule has 198 valence electrons. The van der Waals surface area contributed by atoms with E-state index in [1.54, 1.807) is 42.5 Å². The van der Waals surface area contributed by atoms with Gasteiger partial charge in [0.15, 0.2) is 12.1 Å². The molecule has 1 fully saturated rings. The van der Waals surface area contributed by atoms with E-state index in [0.29, 0.717) is 22.6 Å². The number of furan rings is 1. The van der Waals surface area contributed by atoms with Crippen molar-refractivity contribution in [2.45, 2.75) is 39.1 Å². The van der Waals surface area contributed by atoms with Crippen molar-refractivity contribution in [3.8, 4) is 0 Å². The lowest BCUT2D eigenvalue weighted by Gasteiger charge is -2.24. The van der Waals surface area contributed by atoms with E-state index >= 15 is 0 Å². The first-order valence-electron chi connectivity index (χ1n) is 12.7. The second-order valence-electron chi connectivity index (χ2n) is 9.61. The first-order chi connectivity index (χ1) is 18.9. The van der Waals surface area contributed by atoms with Crippen LogP contribution in [0.1, 0.15) is 44.5 Å². The number of aryl methyl sites for hydroxylation is 2. The van der Waals surface area contributed by atoms with Gasteiger partial charge in [-0.1, -0.05) is 59.7 Å². The molecule has 0 bridgehead atoms. The summed E-state index contributed by atoms with van der Waals surface area (Å²) in [5, 5.41) is 5.75. The maximum absolute atomic E-state index is 13.4. The second kappa shape index (κ2) is 11.3. The van der Waals surface area contributed by atoms with Crippen LogP contribution in [0.5, 0.6) is 0 Å². The van der Waals surface area contributed by atoms with E-state index in [0.717, 1.165) is 16.7 Å². The number of rotatable bonds is 8. The lowest BCUT2D eigenvalue weighted by Crippen LogP contribution is -2.46. The van der Waals surface area contributed by atoms with Crippen LogP contribution in [0.3, 0.4) is 0 Å². The minimum absolute atomic E-state index is 0.186. The van der Waals surface area contributed by atoms with Crippen LogP contribution in [0.4, 0.5) is 10.5 Å². The van der Waals surface area contributed by atoms with Gasteiger partial charge in [-0.05, 0) is 61.4 Å². The molecule has 8 heteroatoms. The molecule has 3 aromatic carbocycles. The number of hydrogen-bond donors (Lipinski definition) is 2. The summed E-state index contributed by atoms with van der Waals surface area (Å²) in [7, 11) is 0. The molecule has 0 saturated carbocycles. The summed E-state index contributed by atoms with van der Waals surface area (Å²) in [5.41, 5.74) is 4.77. The largest absolute Gasteiger partial charge is 0.467 e. The molecule has 5 rings (SSSR count). The van der Waals surface area contributed by atoms with Gasteiger partial charge in [0.25, 0.3) is 5.91 Å². The van der Waals surface area contributed by atoms with Gasteiger partial charge in [-0.25, -0.2) is 4.79 Å². The van der Waals surface area contributed by atoms with E-state index in [4.69, 9.17) is 9.15 Å². The smallest absolute Gasteiger partial charge is 0.411 e. The van der Waals surface area contributed by atoms with Gasteiger partial charge in [0.05, 0.1) is 19.4 Å². The van der Waals surface area contributed by atoms with Gasteiger partial charge in [-0.3, -0.25) is 14.5 Å². The Bertz CT molecular complexity index is 1460. The molecule has 1 saturated heterocycles. The van der Waals surface area contributed by atoms with Gasteiger partial charge in [0, 0.05) is 11.3 Å². The van der Waals surface area contributed by atoms with Crippen LogP contribution < -0.4 is 10.6 Å². The third-order valence-corrected chi connectivity index (χ3v) is 6.62. The molecule has 1 aliphatic rings. The van der Waals surface area contributed by atoms with Crippen molar-refractivity contribution in [2.75, 3.05) is 5.32 Å². The summed E-state index contributed by atoms with van der Waals surface area (Å²) >= 11 is 0. The highest BCUT2D eigenvalue weighted by molar-refractivity contribution is 6.04. The number of ether oxygens (including phenoxy) is 1. The summed E-state index contributed by atoms with van der Waals surface area (Å²) < 4.78 is 11.1. The fraction of sp³-hybridized carbons (Fsp3) is 0.194. The number of anilines is 1. The standard InChI is InChI=1S/C31H29N3O5/c1-20-8-10-22(11-9-20)19-34-27(30(36)32-18-26-7-4-16-38-26)28(39-31(34)37)23-12-14-25(15-13-23)33-29(35)24-6-3-5-21(2)17-24/h3-17,27-28H,18-19H2,1-2H3,(H,32,36)(H,33,35)/t27-,28-/m0/s1. The van der Waals surface area contributed by atoms with Gasteiger partial charge in [-0.2, -0.15) is 0 Å². The van der Waals surface area contributed by atoms with Crippen molar-refractivity contribution < 1.29 is 23.5 Å². The topological polar surface area (TPSA) is 101 Å². The summed E-state index contributed by atoms with van der Waals surface area (Å²) in [4.78, 5) is 40.6. The van der Waals surface area contributed by atoms with Crippen molar-refractivity contribution in [1.29, 1.82) is 0 Å². The Morgan fingerprint density at radius 3 is 2.36 bits per heavy atom. The molecule has 0 unspecified atom stereocenters. The van der Waals surface area contributed by atoms with Crippen LogP contribution in [0.2, 0.25) is 0 Å². The lowest BCUT2D eigenvalue weighted by atomic mass is 10.00. The Kier molecular flexibility index (Phi) is 7.45. The Morgan fingerprint density at radius 1 is 0.897 bits per heavy atom. The van der Waals surface area contributed by atoms with Crippen LogP contribution in [0.15, 0.2) is 95.6 Å². The molecule has 0 spiro atoms. The fourth-order valence-electron chi connectivity index (χ4n) is 4.54. The van der Waals surface area contributed by atoms with Crippen LogP contribution >= 0.6 is 0 Å². The zero-order chi connectivity index (χ0) is 27.4. The Morgan fingerprint density at radius 2 is 1.67 bits per heavy atom. The van der Waals surface area contributed by atoms with Crippen LogP contribution in [0, 0.1) is 13.8 Å². The lowest BCUT2D eigenvalue weighted by molar-refractivity contribution is -0.126. The number of nitrogens with zero attached hydrogens (tertiary/aromatic N) is 1. The molecular weight excluding hydrogens is 494 g/mol. The first-order valence-corrected chi connectivity index (χ1v) is 12.7. The molecule has 39 heavy (non-hydrogen) atoms. The summed E-state index contributed by atoms with van der Waals surface area (Å²) in [6, 6.07) is 24.7. The first kappa shape index (κ1) is 25.8. The highest BCUT2D eigenvalue weighted by atomic mass is 16.6. The number of carbonyl (C=O) groups is 3. The van der Waals surface area contributed by atoms with Gasteiger partial charge in [0.2, 0.25) is 5.91 Å². The third kappa shape index (κ3) is 6.01. The number of hydrogen-bond acceptors (Lipinski definition) is 5.